The van der Waals surface area contributed by atoms with Gasteiger partial charge in [0.05, 0.1) is 55.5 Å². The van der Waals surface area contributed by atoms with Crippen molar-refractivity contribution in [3.8, 4) is 0 Å². The summed E-state index contributed by atoms with van der Waals surface area (Å²) >= 11 is 0. The lowest BCUT2D eigenvalue weighted by molar-refractivity contribution is -0.870. The zero-order valence-electron chi connectivity index (χ0n) is 70.3. The molecular weight excluding hydrogens is 1380 g/mol. The van der Waals surface area contributed by atoms with Crippen molar-refractivity contribution in [2.24, 2.45) is 0 Å². The lowest BCUT2D eigenvalue weighted by Crippen LogP contribution is -2.37. The number of carbonyl (C=O) groups is 4. The second kappa shape index (κ2) is 76.2. The number of esters is 4. The Kier molecular flexibility index (Phi) is 75.7. The van der Waals surface area contributed by atoms with Gasteiger partial charge in [0.15, 0.2) is 12.2 Å². The lowest BCUT2D eigenvalue weighted by Gasteiger charge is -2.24. The van der Waals surface area contributed by atoms with E-state index in [4.69, 9.17) is 37.0 Å². The van der Waals surface area contributed by atoms with Crippen molar-refractivity contribution in [1.29, 1.82) is 0 Å². The molecule has 0 spiro atoms. The van der Waals surface area contributed by atoms with Crippen molar-refractivity contribution >= 4 is 39.5 Å². The second-order valence-electron chi connectivity index (χ2n) is 31.8. The average molecular weight is 1550 g/mol. The summed E-state index contributed by atoms with van der Waals surface area (Å²) in [5, 5.41) is 0. The predicted octanol–water partition coefficient (Wildman–Crippen LogP) is 24.2. The van der Waals surface area contributed by atoms with Crippen LogP contribution in [0.3, 0.4) is 0 Å². The molecule has 2 N–H and O–H groups in total. The van der Waals surface area contributed by atoms with E-state index in [-0.39, 0.29) is 57.6 Å². The van der Waals surface area contributed by atoms with E-state index in [1.807, 2.05) is 42.3 Å². The molecule has 0 aromatic heterocycles. The topological polar surface area (TPSA) is 217 Å². The standard InChI is InChI=1S/C44H84NO8P.C42H82NO8P/c1-6-8-10-12-14-16-18-20-22-24-26-28-30-32-34-36-43(46)50-40-42(41-52-54(48,49)51-39-38-45(3,4)5)53-44(47)37-35-33-31-29-27-25-23-21-19-17-15-13-11-9-7-2;1-6-8-10-12-14-16-18-20-21-23-25-27-29-31-33-35-42(45)51-40(39-50-52(46,47)49-37-36-43(3,4)5)38-48-41(44)34-32-30-28-26-24-22-19-17-15-13-11-9-7-2/h20-23,42H,6-19,24-41H2,1-5H3;20-21,40H,6-19,22-39H2,1-5H3/p+2/b22-20-,23-21-;21-20-/t42-;40-/m11/s1. The maximum atomic E-state index is 12.7. The van der Waals surface area contributed by atoms with E-state index in [2.05, 4.69) is 64.2 Å². The Morgan fingerprint density at radius 1 is 0.283 bits per heavy atom. The van der Waals surface area contributed by atoms with Crippen LogP contribution in [0.1, 0.15) is 387 Å². The molecule has 0 bridgehead atoms. The maximum absolute atomic E-state index is 12.7. The van der Waals surface area contributed by atoms with Gasteiger partial charge in [0, 0.05) is 25.7 Å². The van der Waals surface area contributed by atoms with Crippen LogP contribution in [0, 0.1) is 0 Å². The third-order valence-electron chi connectivity index (χ3n) is 18.7. The van der Waals surface area contributed by atoms with E-state index in [0.29, 0.717) is 41.3 Å². The summed E-state index contributed by atoms with van der Waals surface area (Å²) < 4.78 is 68.5. The molecule has 4 atom stereocenters. The first-order valence-corrected chi connectivity index (χ1v) is 46.5. The molecule has 0 aromatic carbocycles. The van der Waals surface area contributed by atoms with Gasteiger partial charge in [-0.15, -0.1) is 0 Å². The number of phosphoric acid groups is 2. The molecule has 0 aliphatic rings. The number of rotatable bonds is 79. The molecule has 0 radical (unpaired) electrons. The van der Waals surface area contributed by atoms with Gasteiger partial charge in [-0.05, 0) is 103 Å². The Morgan fingerprint density at radius 2 is 0.481 bits per heavy atom. The number of nitrogens with zero attached hydrogens (tertiary/aromatic N) is 2. The fourth-order valence-electron chi connectivity index (χ4n) is 11.8. The molecule has 0 saturated heterocycles. The zero-order valence-corrected chi connectivity index (χ0v) is 72.1. The van der Waals surface area contributed by atoms with Crippen LogP contribution in [0.2, 0.25) is 0 Å². The first-order valence-electron chi connectivity index (χ1n) is 43.5. The maximum Gasteiger partial charge on any atom is 0.472 e. The fourth-order valence-corrected chi connectivity index (χ4v) is 13.3. The van der Waals surface area contributed by atoms with Gasteiger partial charge in [-0.2, -0.15) is 0 Å². The molecular formula is C86H168N2O16P2+2. The van der Waals surface area contributed by atoms with Crippen molar-refractivity contribution in [3.05, 3.63) is 36.5 Å². The fraction of sp³-hybridized carbons (Fsp3) is 0.884. The van der Waals surface area contributed by atoms with Crippen LogP contribution in [0.5, 0.6) is 0 Å². The van der Waals surface area contributed by atoms with Crippen molar-refractivity contribution in [2.45, 2.75) is 399 Å². The molecule has 626 valence electrons. The van der Waals surface area contributed by atoms with Crippen LogP contribution < -0.4 is 0 Å². The van der Waals surface area contributed by atoms with Gasteiger partial charge in [-0.1, -0.05) is 295 Å². The monoisotopic (exact) mass is 1550 g/mol. The zero-order chi connectivity index (χ0) is 78.6. The van der Waals surface area contributed by atoms with Crippen LogP contribution >= 0.6 is 15.6 Å². The van der Waals surface area contributed by atoms with Crippen LogP contribution in [0.25, 0.3) is 0 Å². The normalized spacial score (nSPS) is 13.8. The summed E-state index contributed by atoms with van der Waals surface area (Å²) in [6.07, 6.45) is 74.7. The molecule has 0 fully saturated rings. The first-order chi connectivity index (χ1) is 51.0. The van der Waals surface area contributed by atoms with E-state index >= 15 is 0 Å². The van der Waals surface area contributed by atoms with Crippen molar-refractivity contribution < 1.29 is 84.1 Å². The van der Waals surface area contributed by atoms with E-state index in [0.717, 1.165) is 122 Å². The number of carbonyl (C=O) groups excluding carboxylic acids is 4. The van der Waals surface area contributed by atoms with Crippen LogP contribution in [-0.4, -0.2) is 150 Å². The highest BCUT2D eigenvalue weighted by Gasteiger charge is 2.29. The van der Waals surface area contributed by atoms with Gasteiger partial charge in [0.25, 0.3) is 0 Å². The van der Waals surface area contributed by atoms with E-state index < -0.39 is 53.0 Å². The van der Waals surface area contributed by atoms with Gasteiger partial charge in [-0.3, -0.25) is 37.3 Å². The smallest absolute Gasteiger partial charge is 0.462 e. The second-order valence-corrected chi connectivity index (χ2v) is 34.7. The van der Waals surface area contributed by atoms with Gasteiger partial charge < -0.3 is 37.7 Å². The number of ether oxygens (including phenoxy) is 4. The first kappa shape index (κ1) is 105. The minimum absolute atomic E-state index is 0.0299. The minimum Gasteiger partial charge on any atom is -0.462 e. The highest BCUT2D eigenvalue weighted by molar-refractivity contribution is 7.47. The Labute approximate surface area is 651 Å². The number of phosphoric ester groups is 2. The molecule has 20 heteroatoms. The van der Waals surface area contributed by atoms with Gasteiger partial charge in [0.1, 0.15) is 39.5 Å². The summed E-state index contributed by atoms with van der Waals surface area (Å²) in [5.74, 6) is -1.61. The molecule has 0 aromatic rings. The summed E-state index contributed by atoms with van der Waals surface area (Å²) in [5.41, 5.74) is 0. The van der Waals surface area contributed by atoms with Gasteiger partial charge in [0.2, 0.25) is 0 Å². The van der Waals surface area contributed by atoms with Gasteiger partial charge >= 0.3 is 39.5 Å². The number of allylic oxidation sites excluding steroid dienone is 6. The number of hydrogen-bond acceptors (Lipinski definition) is 14. The summed E-state index contributed by atoms with van der Waals surface area (Å²) in [7, 11) is 2.95. The largest absolute Gasteiger partial charge is 0.472 e. The van der Waals surface area contributed by atoms with E-state index in [1.54, 1.807) is 0 Å². The summed E-state index contributed by atoms with van der Waals surface area (Å²) in [4.78, 5) is 70.6. The Hall–Kier alpha value is -2.76. The highest BCUT2D eigenvalue weighted by atomic mass is 31.2. The van der Waals surface area contributed by atoms with Crippen molar-refractivity contribution in [1.82, 2.24) is 0 Å². The molecule has 0 saturated carbocycles. The quantitative estimate of drug-likeness (QED) is 0.0145. The van der Waals surface area contributed by atoms with Crippen LogP contribution in [0.4, 0.5) is 0 Å². The third kappa shape index (κ3) is 85.2. The Morgan fingerprint density at radius 3 is 0.698 bits per heavy atom. The molecule has 0 aliphatic heterocycles. The summed E-state index contributed by atoms with van der Waals surface area (Å²) in [6, 6.07) is 0. The van der Waals surface area contributed by atoms with Crippen molar-refractivity contribution in [3.63, 3.8) is 0 Å². The highest BCUT2D eigenvalue weighted by Crippen LogP contribution is 2.44. The molecule has 2 unspecified atom stereocenters. The van der Waals surface area contributed by atoms with Crippen molar-refractivity contribution in [2.75, 3.05) is 95.0 Å². The molecule has 106 heavy (non-hydrogen) atoms. The average Bonchev–Trinajstić information content (AvgIpc) is 0.909. The number of hydrogen-bond donors (Lipinski definition) is 2. The molecule has 0 heterocycles. The molecule has 18 nitrogen and oxygen atoms in total. The Balaban J connectivity index is 0. The Bertz CT molecular complexity index is 2180. The lowest BCUT2D eigenvalue weighted by atomic mass is 10.0. The SMILES string of the molecule is CCCCCCCC/C=C\CCCCCCCC(=O)OC[C@H](COP(=O)(O)OCC[N+](C)(C)C)OC(=O)CCCCCCC/C=C\CCCCCCCC.CCCCCCCC/C=C\CCCCCCCC(=O)O[C@H](COC(=O)CCCCCCCCCCCCCCC)COP(=O)(O)OCC[N+](C)(C)C. The van der Waals surface area contributed by atoms with Crippen LogP contribution in [-0.2, 0) is 65.4 Å². The molecule has 0 rings (SSSR count). The molecule has 0 aliphatic carbocycles. The van der Waals surface area contributed by atoms with Crippen LogP contribution in [0.15, 0.2) is 36.5 Å². The van der Waals surface area contributed by atoms with Gasteiger partial charge in [-0.25, -0.2) is 9.13 Å². The number of quaternary nitrogens is 2. The van der Waals surface area contributed by atoms with E-state index in [1.165, 1.54) is 199 Å². The number of unbranched alkanes of at least 4 members (excludes halogenated alkanes) is 45. The summed E-state index contributed by atoms with van der Waals surface area (Å²) in [6.45, 7) is 8.82. The predicted molar refractivity (Wildman–Crippen MR) is 440 cm³/mol. The third-order valence-corrected chi connectivity index (χ3v) is 20.7. The number of likely N-dealkylation sites (N-methyl/N-ethyl adjacent to an activating group) is 2. The van der Waals surface area contributed by atoms with E-state index in [9.17, 15) is 38.1 Å². The molecule has 0 amide bonds. The minimum atomic E-state index is -4.37.